The minimum atomic E-state index is 0.224. The van der Waals surface area contributed by atoms with Gasteiger partial charge in [0.25, 0.3) is 0 Å². The molecule has 2 N–H and O–H groups in total. The maximum absolute atomic E-state index is 6.12. The Morgan fingerprint density at radius 1 is 1.24 bits per heavy atom. The summed E-state index contributed by atoms with van der Waals surface area (Å²) in [4.78, 5) is 2.64. The van der Waals surface area contributed by atoms with Gasteiger partial charge in [-0.05, 0) is 42.1 Å². The van der Waals surface area contributed by atoms with Crippen LogP contribution in [-0.4, -0.2) is 11.8 Å². The van der Waals surface area contributed by atoms with E-state index in [4.69, 9.17) is 5.73 Å². The number of nitrogens with two attached hydrogens (primary N) is 1. The maximum atomic E-state index is 6.12. The van der Waals surface area contributed by atoms with Crippen LogP contribution < -0.4 is 5.73 Å². The Bertz CT molecular complexity index is 439. The molecule has 90 valence electrons. The summed E-state index contributed by atoms with van der Waals surface area (Å²) in [5, 5.41) is 2.10. The zero-order valence-corrected chi connectivity index (χ0v) is 12.5. The lowest BCUT2D eigenvalue weighted by molar-refractivity contribution is 0.757. The minimum Gasteiger partial charge on any atom is -0.327 e. The number of hydrogen-bond acceptors (Lipinski definition) is 3. The first-order valence-corrected chi connectivity index (χ1v) is 8.06. The molecule has 0 radical (unpaired) electrons. The monoisotopic (exact) mass is 327 g/mol. The van der Waals surface area contributed by atoms with Crippen molar-refractivity contribution in [2.45, 2.75) is 17.4 Å². The molecular weight excluding hydrogens is 314 g/mol. The second-order valence-electron chi connectivity index (χ2n) is 3.81. The fourth-order valence-electron chi connectivity index (χ4n) is 1.48. The first-order chi connectivity index (χ1) is 8.24. The summed E-state index contributed by atoms with van der Waals surface area (Å²) >= 11 is 7.03. The van der Waals surface area contributed by atoms with E-state index in [0.29, 0.717) is 0 Å². The summed E-state index contributed by atoms with van der Waals surface area (Å²) in [7, 11) is 0. The van der Waals surface area contributed by atoms with Gasteiger partial charge in [0.1, 0.15) is 0 Å². The quantitative estimate of drug-likeness (QED) is 0.834. The average Bonchev–Trinajstić information content (AvgIpc) is 2.81. The average molecular weight is 328 g/mol. The first kappa shape index (κ1) is 13.1. The number of thioether (sulfide) groups is 1. The van der Waals surface area contributed by atoms with Crippen LogP contribution in [0.2, 0.25) is 0 Å². The molecule has 1 aromatic carbocycles. The predicted molar refractivity (Wildman–Crippen MR) is 80.9 cm³/mol. The van der Waals surface area contributed by atoms with Gasteiger partial charge in [-0.1, -0.05) is 22.0 Å². The Morgan fingerprint density at radius 2 is 2.00 bits per heavy atom. The van der Waals surface area contributed by atoms with E-state index in [9.17, 15) is 0 Å². The molecule has 0 aliphatic heterocycles. The summed E-state index contributed by atoms with van der Waals surface area (Å²) in [5.41, 5.74) is 6.12. The molecular formula is C13H14BrNS2. The van der Waals surface area contributed by atoms with Crippen molar-refractivity contribution in [1.82, 2.24) is 0 Å². The van der Waals surface area contributed by atoms with E-state index in [-0.39, 0.29) is 6.04 Å². The van der Waals surface area contributed by atoms with Gasteiger partial charge in [-0.2, -0.15) is 0 Å². The highest BCUT2D eigenvalue weighted by Crippen LogP contribution is 2.22. The molecule has 0 amide bonds. The van der Waals surface area contributed by atoms with E-state index in [0.717, 1.165) is 16.6 Å². The highest BCUT2D eigenvalue weighted by molar-refractivity contribution is 9.10. The van der Waals surface area contributed by atoms with Gasteiger partial charge in [0, 0.05) is 26.0 Å². The van der Waals surface area contributed by atoms with Gasteiger partial charge in [0.05, 0.1) is 0 Å². The lowest BCUT2D eigenvalue weighted by Gasteiger charge is -2.09. The van der Waals surface area contributed by atoms with Crippen molar-refractivity contribution < 1.29 is 0 Å². The SMILES string of the molecule is NC(CSc1ccc(Br)cc1)Cc1cccs1. The molecule has 1 atom stereocenters. The zero-order valence-electron chi connectivity index (χ0n) is 9.30. The Kier molecular flexibility index (Phi) is 5.10. The van der Waals surface area contributed by atoms with Crippen molar-refractivity contribution in [2.75, 3.05) is 5.75 Å². The Balaban J connectivity index is 1.79. The van der Waals surface area contributed by atoms with Gasteiger partial charge in [0.2, 0.25) is 0 Å². The molecule has 0 spiro atoms. The van der Waals surface area contributed by atoms with E-state index in [1.54, 1.807) is 11.3 Å². The number of thiophene rings is 1. The van der Waals surface area contributed by atoms with Gasteiger partial charge in [-0.3, -0.25) is 0 Å². The third-order valence-electron chi connectivity index (χ3n) is 2.32. The number of halogens is 1. The Labute approximate surface area is 119 Å². The molecule has 2 rings (SSSR count). The van der Waals surface area contributed by atoms with Crippen molar-refractivity contribution in [2.24, 2.45) is 5.73 Å². The van der Waals surface area contributed by atoms with Crippen molar-refractivity contribution in [3.05, 3.63) is 51.1 Å². The normalized spacial score (nSPS) is 12.6. The summed E-state index contributed by atoms with van der Waals surface area (Å²) in [6.07, 6.45) is 0.973. The van der Waals surface area contributed by atoms with Crippen LogP contribution in [0.25, 0.3) is 0 Å². The molecule has 0 fully saturated rings. The third kappa shape index (κ3) is 4.47. The molecule has 1 unspecified atom stereocenters. The maximum Gasteiger partial charge on any atom is 0.0182 e. The van der Waals surface area contributed by atoms with Crippen LogP contribution in [0.4, 0.5) is 0 Å². The lowest BCUT2D eigenvalue weighted by Crippen LogP contribution is -2.25. The molecule has 0 aliphatic carbocycles. The largest absolute Gasteiger partial charge is 0.327 e. The van der Waals surface area contributed by atoms with Gasteiger partial charge in [0.15, 0.2) is 0 Å². The Hall–Kier alpha value is -0.290. The number of rotatable bonds is 5. The summed E-state index contributed by atoms with van der Waals surface area (Å²) in [6, 6.07) is 12.8. The van der Waals surface area contributed by atoms with Crippen molar-refractivity contribution in [3.8, 4) is 0 Å². The molecule has 1 nitrogen and oxygen atoms in total. The van der Waals surface area contributed by atoms with Crippen LogP contribution in [0.1, 0.15) is 4.88 Å². The lowest BCUT2D eigenvalue weighted by atomic mass is 10.2. The van der Waals surface area contributed by atoms with Crippen molar-refractivity contribution >= 4 is 39.0 Å². The standard InChI is InChI=1S/C13H14BrNS2/c14-10-3-5-12(6-4-10)17-9-11(15)8-13-2-1-7-16-13/h1-7,11H,8-9,15H2. The number of hydrogen-bond donors (Lipinski definition) is 1. The smallest absolute Gasteiger partial charge is 0.0182 e. The molecule has 1 heterocycles. The highest BCUT2D eigenvalue weighted by atomic mass is 79.9. The van der Waals surface area contributed by atoms with Crippen LogP contribution in [0.15, 0.2) is 51.1 Å². The van der Waals surface area contributed by atoms with E-state index < -0.39 is 0 Å². The molecule has 0 bridgehead atoms. The van der Waals surface area contributed by atoms with Gasteiger partial charge < -0.3 is 5.73 Å². The van der Waals surface area contributed by atoms with Gasteiger partial charge in [-0.15, -0.1) is 23.1 Å². The van der Waals surface area contributed by atoms with E-state index in [1.165, 1.54) is 9.77 Å². The third-order valence-corrected chi connectivity index (χ3v) is 4.95. The zero-order chi connectivity index (χ0) is 12.1. The van der Waals surface area contributed by atoms with Crippen LogP contribution >= 0.6 is 39.0 Å². The first-order valence-electron chi connectivity index (χ1n) is 5.40. The topological polar surface area (TPSA) is 26.0 Å². The van der Waals surface area contributed by atoms with E-state index >= 15 is 0 Å². The summed E-state index contributed by atoms with van der Waals surface area (Å²) in [5.74, 6) is 0.958. The summed E-state index contributed by atoms with van der Waals surface area (Å²) < 4.78 is 1.12. The molecule has 1 aromatic heterocycles. The fourth-order valence-corrected chi connectivity index (χ4v) is 3.40. The molecule has 2 aromatic rings. The molecule has 4 heteroatoms. The fraction of sp³-hybridized carbons (Fsp3) is 0.231. The van der Waals surface area contributed by atoms with Gasteiger partial charge >= 0.3 is 0 Å². The van der Waals surface area contributed by atoms with Gasteiger partial charge in [-0.25, -0.2) is 0 Å². The highest BCUT2D eigenvalue weighted by Gasteiger charge is 2.05. The van der Waals surface area contributed by atoms with Crippen molar-refractivity contribution in [1.29, 1.82) is 0 Å². The van der Waals surface area contributed by atoms with E-state index in [1.807, 2.05) is 11.8 Å². The van der Waals surface area contributed by atoms with Crippen LogP contribution in [0.3, 0.4) is 0 Å². The molecule has 0 aliphatic rings. The Morgan fingerprint density at radius 3 is 2.65 bits per heavy atom. The second kappa shape index (κ2) is 6.59. The van der Waals surface area contributed by atoms with Crippen molar-refractivity contribution in [3.63, 3.8) is 0 Å². The van der Waals surface area contributed by atoms with E-state index in [2.05, 4.69) is 57.7 Å². The minimum absolute atomic E-state index is 0.224. The van der Waals surface area contributed by atoms with Crippen LogP contribution in [0, 0.1) is 0 Å². The second-order valence-corrected chi connectivity index (χ2v) is 6.85. The molecule has 17 heavy (non-hydrogen) atoms. The molecule has 0 saturated heterocycles. The predicted octanol–water partition coefficient (Wildman–Crippen LogP) is 4.17. The summed E-state index contributed by atoms with van der Waals surface area (Å²) in [6.45, 7) is 0. The molecule has 0 saturated carbocycles. The van der Waals surface area contributed by atoms with Crippen LogP contribution in [-0.2, 0) is 6.42 Å². The van der Waals surface area contributed by atoms with Crippen LogP contribution in [0.5, 0.6) is 0 Å². The number of benzene rings is 1.